The molecule has 0 bridgehead atoms. The van der Waals surface area contributed by atoms with Gasteiger partial charge in [0.05, 0.1) is 0 Å². The van der Waals surface area contributed by atoms with E-state index < -0.39 is 7.92 Å². The van der Waals surface area contributed by atoms with Gasteiger partial charge >= 0.3 is 0 Å². The molecule has 0 spiro atoms. The highest BCUT2D eigenvalue weighted by Gasteiger charge is 2.30. The van der Waals surface area contributed by atoms with Crippen molar-refractivity contribution in [2.24, 2.45) is 0 Å². The van der Waals surface area contributed by atoms with Gasteiger partial charge in [-0.15, -0.1) is 0 Å². The van der Waals surface area contributed by atoms with E-state index in [1.165, 1.54) is 71.5 Å². The van der Waals surface area contributed by atoms with Crippen molar-refractivity contribution in [2.45, 2.75) is 119 Å². The van der Waals surface area contributed by atoms with Crippen LogP contribution < -0.4 is 15.9 Å². The lowest BCUT2D eigenvalue weighted by molar-refractivity contribution is 0.807. The molecule has 5 rings (SSSR count). The standard InChI is InChI=1S/C48H59P/c1-30(2)36-26-42(32(5)6)46(43(27-36)33(7)8)40-24-19-25-41(47-44(34(9)10)28-37(31(3)4)29-45(47)35(11)12)48(40)49(38-20-15-13-16-21-38)39-22-17-14-18-23-39/h13-35H,1-12H3. The molecule has 0 saturated heterocycles. The van der Waals surface area contributed by atoms with Crippen molar-refractivity contribution in [1.82, 2.24) is 0 Å². The van der Waals surface area contributed by atoms with Gasteiger partial charge in [-0.25, -0.2) is 0 Å². The molecule has 0 unspecified atom stereocenters. The third-order valence-corrected chi connectivity index (χ3v) is 12.6. The molecule has 0 nitrogen and oxygen atoms in total. The summed E-state index contributed by atoms with van der Waals surface area (Å²) in [6, 6.07) is 40.0. The SMILES string of the molecule is CC(C)c1cc(C(C)C)c(-c2cccc(-c3c(C(C)C)cc(C(C)C)cc3C(C)C)c2P(c2ccccc2)c2ccccc2)c(C(C)C)c1. The third kappa shape index (κ3) is 7.66. The molecule has 0 atom stereocenters. The van der Waals surface area contributed by atoms with Crippen LogP contribution in [0.3, 0.4) is 0 Å². The van der Waals surface area contributed by atoms with Crippen molar-refractivity contribution in [3.05, 3.63) is 137 Å². The zero-order chi connectivity index (χ0) is 35.6. The Bertz CT molecular complexity index is 1660. The number of hydrogen-bond acceptors (Lipinski definition) is 0. The number of hydrogen-bond donors (Lipinski definition) is 0. The van der Waals surface area contributed by atoms with Gasteiger partial charge in [-0.05, 0) is 110 Å². The molecule has 49 heavy (non-hydrogen) atoms. The van der Waals surface area contributed by atoms with Gasteiger partial charge in [-0.3, -0.25) is 0 Å². The van der Waals surface area contributed by atoms with Crippen LogP contribution in [-0.4, -0.2) is 0 Å². The second-order valence-electron chi connectivity index (χ2n) is 15.8. The Morgan fingerprint density at radius 3 is 0.918 bits per heavy atom. The van der Waals surface area contributed by atoms with Crippen LogP contribution in [0.4, 0.5) is 0 Å². The molecule has 0 saturated carbocycles. The quantitative estimate of drug-likeness (QED) is 0.123. The smallest absolute Gasteiger partial charge is 0.000635 e. The van der Waals surface area contributed by atoms with Crippen molar-refractivity contribution < 1.29 is 0 Å². The second-order valence-corrected chi connectivity index (χ2v) is 17.9. The molecule has 0 radical (unpaired) electrons. The fourth-order valence-electron chi connectivity index (χ4n) is 7.28. The first-order chi connectivity index (χ1) is 23.3. The lowest BCUT2D eigenvalue weighted by Crippen LogP contribution is -2.25. The predicted molar refractivity (Wildman–Crippen MR) is 221 cm³/mol. The van der Waals surface area contributed by atoms with E-state index >= 15 is 0 Å². The van der Waals surface area contributed by atoms with Crippen LogP contribution in [0.25, 0.3) is 22.3 Å². The van der Waals surface area contributed by atoms with Gasteiger partial charge in [-0.1, -0.05) is 186 Å². The summed E-state index contributed by atoms with van der Waals surface area (Å²) in [7, 11) is -0.902. The van der Waals surface area contributed by atoms with Gasteiger partial charge < -0.3 is 0 Å². The Morgan fingerprint density at radius 2 is 0.653 bits per heavy atom. The first-order valence-corrected chi connectivity index (χ1v) is 20.0. The molecule has 0 amide bonds. The van der Waals surface area contributed by atoms with E-state index in [9.17, 15) is 0 Å². The van der Waals surface area contributed by atoms with Crippen LogP contribution in [-0.2, 0) is 0 Å². The number of benzene rings is 5. The average Bonchev–Trinajstić information content (AvgIpc) is 3.08. The van der Waals surface area contributed by atoms with Crippen molar-refractivity contribution in [3.8, 4) is 22.3 Å². The van der Waals surface area contributed by atoms with Crippen molar-refractivity contribution in [1.29, 1.82) is 0 Å². The van der Waals surface area contributed by atoms with Crippen LogP contribution in [0, 0.1) is 0 Å². The van der Waals surface area contributed by atoms with E-state index in [2.05, 4.69) is 186 Å². The maximum atomic E-state index is 2.52. The first kappa shape index (κ1) is 36.8. The monoisotopic (exact) mass is 666 g/mol. The fraction of sp³-hybridized carbons (Fsp3) is 0.375. The minimum absolute atomic E-state index is 0.394. The lowest BCUT2D eigenvalue weighted by Gasteiger charge is -2.31. The molecule has 256 valence electrons. The average molecular weight is 667 g/mol. The summed E-state index contributed by atoms with van der Waals surface area (Å²) >= 11 is 0. The molecule has 1 heteroatoms. The Labute approximate surface area is 300 Å². The summed E-state index contributed by atoms with van der Waals surface area (Å²) in [5, 5.41) is 4.27. The van der Waals surface area contributed by atoms with E-state index in [0.717, 1.165) is 0 Å². The largest absolute Gasteiger partial charge is 0.0622 e. The number of rotatable bonds is 11. The molecular weight excluding hydrogens is 608 g/mol. The Balaban J connectivity index is 2.06. The van der Waals surface area contributed by atoms with E-state index in [0.29, 0.717) is 35.5 Å². The topological polar surface area (TPSA) is 0 Å². The van der Waals surface area contributed by atoms with Crippen molar-refractivity contribution in [2.75, 3.05) is 0 Å². The molecule has 0 heterocycles. The van der Waals surface area contributed by atoms with Gasteiger partial charge in [0.15, 0.2) is 0 Å². The van der Waals surface area contributed by atoms with Gasteiger partial charge in [0.25, 0.3) is 0 Å². The summed E-state index contributed by atoms with van der Waals surface area (Å²) in [4.78, 5) is 0. The Kier molecular flexibility index (Phi) is 11.7. The zero-order valence-electron chi connectivity index (χ0n) is 32.2. The van der Waals surface area contributed by atoms with E-state index in [1.54, 1.807) is 0 Å². The highest BCUT2D eigenvalue weighted by atomic mass is 31.1. The van der Waals surface area contributed by atoms with Crippen LogP contribution in [0.15, 0.2) is 103 Å². The summed E-state index contributed by atoms with van der Waals surface area (Å²) in [5.41, 5.74) is 14.4. The molecule has 0 fully saturated rings. The zero-order valence-corrected chi connectivity index (χ0v) is 33.1. The van der Waals surface area contributed by atoms with E-state index in [4.69, 9.17) is 0 Å². The van der Waals surface area contributed by atoms with Crippen molar-refractivity contribution in [3.63, 3.8) is 0 Å². The summed E-state index contributed by atoms with van der Waals surface area (Å²) < 4.78 is 0. The molecule has 0 aliphatic heterocycles. The van der Waals surface area contributed by atoms with E-state index in [1.807, 2.05) is 0 Å². The molecule has 5 aromatic rings. The Hall–Kier alpha value is -3.47. The minimum atomic E-state index is -0.902. The van der Waals surface area contributed by atoms with Crippen LogP contribution in [0.5, 0.6) is 0 Å². The molecular formula is C48H59P. The summed E-state index contributed by atoms with van der Waals surface area (Å²) in [6.45, 7) is 28.4. The predicted octanol–water partition coefficient (Wildman–Crippen LogP) is 13.5. The highest BCUT2D eigenvalue weighted by molar-refractivity contribution is 7.80. The molecule has 0 N–H and O–H groups in total. The van der Waals surface area contributed by atoms with Gasteiger partial charge in [0, 0.05) is 5.30 Å². The molecule has 5 aromatic carbocycles. The van der Waals surface area contributed by atoms with E-state index in [-0.39, 0.29) is 0 Å². The van der Waals surface area contributed by atoms with Gasteiger partial charge in [-0.2, -0.15) is 0 Å². The van der Waals surface area contributed by atoms with Crippen LogP contribution in [0.2, 0.25) is 0 Å². The van der Waals surface area contributed by atoms with Crippen molar-refractivity contribution >= 4 is 23.8 Å². The first-order valence-electron chi connectivity index (χ1n) is 18.7. The summed E-state index contributed by atoms with van der Waals surface area (Å²) in [5.74, 6) is 2.52. The molecule has 0 aliphatic rings. The van der Waals surface area contributed by atoms with Gasteiger partial charge in [0.1, 0.15) is 0 Å². The fourth-order valence-corrected chi connectivity index (χ4v) is 9.89. The van der Waals surface area contributed by atoms with Crippen LogP contribution in [0.1, 0.15) is 152 Å². The summed E-state index contributed by atoms with van der Waals surface area (Å²) in [6.07, 6.45) is 0. The Morgan fingerprint density at radius 1 is 0.347 bits per heavy atom. The maximum Gasteiger partial charge on any atom is 0.000635 e. The maximum absolute atomic E-state index is 2.52. The highest BCUT2D eigenvalue weighted by Crippen LogP contribution is 2.48. The second kappa shape index (κ2) is 15.6. The minimum Gasteiger partial charge on any atom is -0.0622 e. The van der Waals surface area contributed by atoms with Crippen LogP contribution >= 0.6 is 7.92 Å². The lowest BCUT2D eigenvalue weighted by atomic mass is 9.79. The normalized spacial score (nSPS) is 12.1. The molecule has 0 aromatic heterocycles. The molecule has 0 aliphatic carbocycles. The third-order valence-electron chi connectivity index (χ3n) is 10.1. The van der Waals surface area contributed by atoms with Gasteiger partial charge in [0.2, 0.25) is 0 Å².